The first-order chi connectivity index (χ1) is 10.8. The van der Waals surface area contributed by atoms with Crippen molar-refractivity contribution in [1.29, 1.82) is 0 Å². The van der Waals surface area contributed by atoms with Gasteiger partial charge in [0.15, 0.2) is 5.16 Å². The molecule has 0 saturated heterocycles. The number of hydrogen-bond donors (Lipinski definition) is 2. The normalized spacial score (nSPS) is 11.6. The Morgan fingerprint density at radius 3 is 2.70 bits per heavy atom. The molecule has 2 aromatic heterocycles. The number of H-pyrrole nitrogens is 1. The van der Waals surface area contributed by atoms with E-state index < -0.39 is 0 Å². The van der Waals surface area contributed by atoms with E-state index in [2.05, 4.69) is 29.1 Å². The summed E-state index contributed by atoms with van der Waals surface area (Å²) < 4.78 is 1.66. The summed E-state index contributed by atoms with van der Waals surface area (Å²) in [6.07, 6.45) is 0. The molecule has 2 heterocycles. The van der Waals surface area contributed by atoms with Gasteiger partial charge in [-0.15, -0.1) is 0 Å². The van der Waals surface area contributed by atoms with Crippen molar-refractivity contribution in [2.45, 2.75) is 52.4 Å². The molecule has 0 atom stereocenters. The van der Waals surface area contributed by atoms with Gasteiger partial charge in [0, 0.05) is 18.3 Å². The van der Waals surface area contributed by atoms with Crippen LogP contribution in [0.25, 0.3) is 11.0 Å². The Hall–Kier alpha value is -1.76. The lowest BCUT2D eigenvalue weighted by Gasteiger charge is -2.14. The minimum Gasteiger partial charge on any atom is -0.353 e. The van der Waals surface area contributed by atoms with Crippen LogP contribution in [-0.2, 0) is 11.3 Å². The van der Waals surface area contributed by atoms with E-state index in [4.69, 9.17) is 0 Å². The van der Waals surface area contributed by atoms with Gasteiger partial charge < -0.3 is 10.3 Å². The fourth-order valence-electron chi connectivity index (χ4n) is 2.34. The molecule has 7 heteroatoms. The lowest BCUT2D eigenvalue weighted by atomic mass is 10.2. The van der Waals surface area contributed by atoms with Gasteiger partial charge in [-0.05, 0) is 32.8 Å². The minimum atomic E-state index is -0.0800. The number of rotatable bonds is 6. The maximum absolute atomic E-state index is 12.7. The SMILES string of the molecule is Cc1cc2nc(SCC(=O)NC(C)C)n(CC(C)C)c(=O)c2[nH]1. The third-order valence-corrected chi connectivity index (χ3v) is 4.14. The van der Waals surface area contributed by atoms with Crippen molar-refractivity contribution >= 4 is 28.7 Å². The minimum absolute atomic E-state index is 0.0549. The summed E-state index contributed by atoms with van der Waals surface area (Å²) in [5, 5.41) is 3.44. The summed E-state index contributed by atoms with van der Waals surface area (Å²) in [5.41, 5.74) is 2.00. The number of carbonyl (C=O) groups is 1. The van der Waals surface area contributed by atoms with E-state index in [0.717, 1.165) is 5.69 Å². The first kappa shape index (κ1) is 17.6. The standard InChI is InChI=1S/C16H24N4O2S/c1-9(2)7-20-15(22)14-12(6-11(5)18-14)19-16(20)23-8-13(21)17-10(3)4/h6,9-10,18H,7-8H2,1-5H3,(H,17,21). The molecule has 2 N–H and O–H groups in total. The Labute approximate surface area is 140 Å². The molecular weight excluding hydrogens is 312 g/mol. The molecule has 0 unspecified atom stereocenters. The largest absolute Gasteiger partial charge is 0.353 e. The van der Waals surface area contributed by atoms with Crippen LogP contribution in [0.15, 0.2) is 16.0 Å². The highest BCUT2D eigenvalue weighted by molar-refractivity contribution is 7.99. The van der Waals surface area contributed by atoms with Crippen molar-refractivity contribution in [3.63, 3.8) is 0 Å². The van der Waals surface area contributed by atoms with Crippen molar-refractivity contribution < 1.29 is 4.79 Å². The molecule has 126 valence electrons. The van der Waals surface area contributed by atoms with E-state index in [1.165, 1.54) is 11.8 Å². The molecule has 2 aromatic rings. The number of nitrogens with zero attached hydrogens (tertiary/aromatic N) is 2. The van der Waals surface area contributed by atoms with E-state index >= 15 is 0 Å². The number of fused-ring (bicyclic) bond motifs is 1. The highest BCUT2D eigenvalue weighted by Crippen LogP contribution is 2.19. The molecule has 0 bridgehead atoms. The van der Waals surface area contributed by atoms with Crippen molar-refractivity contribution in [3.05, 3.63) is 22.1 Å². The first-order valence-electron chi connectivity index (χ1n) is 7.80. The average Bonchev–Trinajstić information content (AvgIpc) is 2.80. The van der Waals surface area contributed by atoms with Gasteiger partial charge >= 0.3 is 0 Å². The van der Waals surface area contributed by atoms with Crippen LogP contribution in [0.4, 0.5) is 0 Å². The van der Waals surface area contributed by atoms with Crippen LogP contribution in [0.2, 0.25) is 0 Å². The molecule has 0 aliphatic carbocycles. The fraction of sp³-hybridized carbons (Fsp3) is 0.562. The number of aromatic amines is 1. The van der Waals surface area contributed by atoms with Crippen molar-refractivity contribution in [3.8, 4) is 0 Å². The third kappa shape index (κ3) is 4.37. The first-order valence-corrected chi connectivity index (χ1v) is 8.78. The van der Waals surface area contributed by atoms with Crippen LogP contribution in [0, 0.1) is 12.8 Å². The number of thioether (sulfide) groups is 1. The smallest absolute Gasteiger partial charge is 0.278 e. The summed E-state index contributed by atoms with van der Waals surface area (Å²) in [4.78, 5) is 32.2. The Kier molecular flexibility index (Phi) is 5.51. The molecule has 6 nitrogen and oxygen atoms in total. The number of nitrogens with one attached hydrogen (secondary N) is 2. The zero-order valence-corrected chi connectivity index (χ0v) is 15.1. The fourth-order valence-corrected chi connectivity index (χ4v) is 3.16. The molecule has 0 aromatic carbocycles. The summed E-state index contributed by atoms with van der Waals surface area (Å²) in [7, 11) is 0. The van der Waals surface area contributed by atoms with Crippen LogP contribution >= 0.6 is 11.8 Å². The van der Waals surface area contributed by atoms with Gasteiger partial charge in [-0.3, -0.25) is 14.2 Å². The molecule has 0 radical (unpaired) electrons. The number of aryl methyl sites for hydroxylation is 1. The van der Waals surface area contributed by atoms with E-state index in [1.807, 2.05) is 26.8 Å². The maximum Gasteiger partial charge on any atom is 0.278 e. The molecule has 0 aliphatic rings. The molecule has 1 amide bonds. The number of hydrogen-bond acceptors (Lipinski definition) is 4. The predicted octanol–water partition coefficient (Wildman–Crippen LogP) is 2.31. The van der Waals surface area contributed by atoms with Gasteiger partial charge in [0.05, 0.1) is 11.3 Å². The summed E-state index contributed by atoms with van der Waals surface area (Å²) in [6, 6.07) is 1.96. The summed E-state index contributed by atoms with van der Waals surface area (Å²) in [6.45, 7) is 10.4. The van der Waals surface area contributed by atoms with Gasteiger partial charge in [0.25, 0.3) is 5.56 Å². The topological polar surface area (TPSA) is 79.8 Å². The molecule has 0 saturated carbocycles. The van der Waals surface area contributed by atoms with E-state index in [-0.39, 0.29) is 23.3 Å². The summed E-state index contributed by atoms with van der Waals surface area (Å²) >= 11 is 1.30. The second kappa shape index (κ2) is 7.21. The van der Waals surface area contributed by atoms with Crippen molar-refractivity contribution in [1.82, 2.24) is 19.9 Å². The van der Waals surface area contributed by atoms with Gasteiger partial charge in [-0.25, -0.2) is 4.98 Å². The van der Waals surface area contributed by atoms with Gasteiger partial charge in [-0.2, -0.15) is 0 Å². The van der Waals surface area contributed by atoms with Crippen LogP contribution in [0.3, 0.4) is 0 Å². The number of amides is 1. The number of carbonyl (C=O) groups excluding carboxylic acids is 1. The molecule has 0 fully saturated rings. The zero-order chi connectivity index (χ0) is 17.1. The average molecular weight is 336 g/mol. The van der Waals surface area contributed by atoms with Crippen molar-refractivity contribution in [2.75, 3.05) is 5.75 Å². The number of aromatic nitrogens is 3. The summed E-state index contributed by atoms with van der Waals surface area (Å²) in [5.74, 6) is 0.505. The van der Waals surface area contributed by atoms with E-state index in [9.17, 15) is 9.59 Å². The van der Waals surface area contributed by atoms with Crippen LogP contribution in [-0.4, -0.2) is 32.2 Å². The Morgan fingerprint density at radius 2 is 2.09 bits per heavy atom. The Bertz CT molecular complexity index is 761. The lowest BCUT2D eigenvalue weighted by Crippen LogP contribution is -2.32. The van der Waals surface area contributed by atoms with E-state index in [0.29, 0.717) is 28.7 Å². The maximum atomic E-state index is 12.7. The molecule has 23 heavy (non-hydrogen) atoms. The van der Waals surface area contributed by atoms with Crippen LogP contribution < -0.4 is 10.9 Å². The molecule has 0 spiro atoms. The highest BCUT2D eigenvalue weighted by Gasteiger charge is 2.15. The predicted molar refractivity (Wildman–Crippen MR) is 93.9 cm³/mol. The van der Waals surface area contributed by atoms with Gasteiger partial charge in [0.1, 0.15) is 5.52 Å². The second-order valence-corrected chi connectivity index (χ2v) is 7.37. The third-order valence-electron chi connectivity index (χ3n) is 3.17. The molecule has 2 rings (SSSR count). The highest BCUT2D eigenvalue weighted by atomic mass is 32.2. The second-order valence-electron chi connectivity index (χ2n) is 6.43. The van der Waals surface area contributed by atoms with Gasteiger partial charge in [0.2, 0.25) is 5.91 Å². The lowest BCUT2D eigenvalue weighted by molar-refractivity contribution is -0.119. The molecule has 0 aliphatic heterocycles. The van der Waals surface area contributed by atoms with Crippen LogP contribution in [0.5, 0.6) is 0 Å². The van der Waals surface area contributed by atoms with E-state index in [1.54, 1.807) is 4.57 Å². The monoisotopic (exact) mass is 336 g/mol. The zero-order valence-electron chi connectivity index (χ0n) is 14.3. The Morgan fingerprint density at radius 1 is 1.39 bits per heavy atom. The van der Waals surface area contributed by atoms with Crippen molar-refractivity contribution in [2.24, 2.45) is 5.92 Å². The van der Waals surface area contributed by atoms with Crippen LogP contribution in [0.1, 0.15) is 33.4 Å². The molecular formula is C16H24N4O2S. The Balaban J connectivity index is 2.36. The quantitative estimate of drug-likeness (QED) is 0.627. The van der Waals surface area contributed by atoms with Gasteiger partial charge in [-0.1, -0.05) is 25.6 Å².